The van der Waals surface area contributed by atoms with Gasteiger partial charge in [-0.1, -0.05) is 29.8 Å². The number of alkyl halides is 3. The molecule has 0 aliphatic carbocycles. The molecule has 0 saturated heterocycles. The van der Waals surface area contributed by atoms with Crippen molar-refractivity contribution in [2.75, 3.05) is 10.6 Å². The van der Waals surface area contributed by atoms with Crippen molar-refractivity contribution in [2.45, 2.75) is 13.1 Å². The van der Waals surface area contributed by atoms with Crippen LogP contribution in [-0.2, 0) is 4.79 Å². The van der Waals surface area contributed by atoms with Crippen molar-refractivity contribution in [2.24, 2.45) is 0 Å². The number of benzene rings is 2. The zero-order valence-electron chi connectivity index (χ0n) is 12.1. The Hall–Kier alpha value is -2.83. The zero-order chi connectivity index (χ0) is 17.0. The Morgan fingerprint density at radius 2 is 1.52 bits per heavy atom. The predicted octanol–water partition coefficient (Wildman–Crippen LogP) is 3.75. The fraction of sp³-hybridized carbons (Fsp3) is 0.125. The summed E-state index contributed by atoms with van der Waals surface area (Å²) < 4.78 is 37.0. The first-order valence-corrected chi connectivity index (χ1v) is 6.62. The van der Waals surface area contributed by atoms with Gasteiger partial charge in [0.05, 0.1) is 11.4 Å². The summed E-state index contributed by atoms with van der Waals surface area (Å²) in [6, 6.07) is 12.4. The Bertz CT molecular complexity index is 742. The average Bonchev–Trinajstić information content (AvgIpc) is 2.48. The first-order chi connectivity index (χ1) is 10.8. The molecule has 0 spiro atoms. The van der Waals surface area contributed by atoms with Crippen LogP contribution in [0.15, 0.2) is 48.5 Å². The fourth-order valence-electron chi connectivity index (χ4n) is 1.88. The number of halogens is 3. The monoisotopic (exact) mass is 322 g/mol. The van der Waals surface area contributed by atoms with Gasteiger partial charge in [-0.3, -0.25) is 9.59 Å². The summed E-state index contributed by atoms with van der Waals surface area (Å²) >= 11 is 0. The van der Waals surface area contributed by atoms with Gasteiger partial charge in [0.15, 0.2) is 0 Å². The molecule has 2 amide bonds. The number of hydrogen-bond acceptors (Lipinski definition) is 2. The van der Waals surface area contributed by atoms with E-state index in [2.05, 4.69) is 5.32 Å². The van der Waals surface area contributed by atoms with E-state index in [0.29, 0.717) is 5.56 Å². The number of aryl methyl sites for hydroxylation is 1. The minimum Gasteiger partial charge on any atom is -0.320 e. The number of anilines is 2. The molecule has 120 valence electrons. The molecule has 2 N–H and O–H groups in total. The number of hydrogen-bond donors (Lipinski definition) is 2. The molecule has 0 aliphatic rings. The minimum atomic E-state index is -5.01. The van der Waals surface area contributed by atoms with Crippen LogP contribution in [0.4, 0.5) is 24.5 Å². The van der Waals surface area contributed by atoms with Gasteiger partial charge in [0, 0.05) is 5.56 Å². The maximum atomic E-state index is 12.3. The van der Waals surface area contributed by atoms with Gasteiger partial charge in [0.1, 0.15) is 0 Å². The fourth-order valence-corrected chi connectivity index (χ4v) is 1.88. The van der Waals surface area contributed by atoms with Crippen molar-refractivity contribution in [3.63, 3.8) is 0 Å². The van der Waals surface area contributed by atoms with Crippen molar-refractivity contribution < 1.29 is 22.8 Å². The third-order valence-electron chi connectivity index (χ3n) is 2.96. The summed E-state index contributed by atoms with van der Waals surface area (Å²) in [5.74, 6) is -2.59. The first kappa shape index (κ1) is 16.5. The maximum absolute atomic E-state index is 12.3. The van der Waals surface area contributed by atoms with E-state index >= 15 is 0 Å². The quantitative estimate of drug-likeness (QED) is 0.904. The second kappa shape index (κ2) is 6.51. The lowest BCUT2D eigenvalue weighted by atomic mass is 10.1. The second-order valence-electron chi connectivity index (χ2n) is 4.82. The van der Waals surface area contributed by atoms with E-state index in [1.165, 1.54) is 24.3 Å². The van der Waals surface area contributed by atoms with E-state index in [1.807, 2.05) is 13.0 Å². The number of amides is 2. The largest absolute Gasteiger partial charge is 0.471 e. The van der Waals surface area contributed by atoms with Crippen molar-refractivity contribution >= 4 is 23.2 Å². The van der Waals surface area contributed by atoms with Crippen LogP contribution < -0.4 is 10.6 Å². The Labute approximate surface area is 130 Å². The second-order valence-corrected chi connectivity index (χ2v) is 4.82. The van der Waals surface area contributed by atoms with Gasteiger partial charge in [0.2, 0.25) is 0 Å². The van der Waals surface area contributed by atoms with Crippen LogP contribution in [0.3, 0.4) is 0 Å². The Balaban J connectivity index is 2.21. The highest BCUT2D eigenvalue weighted by Crippen LogP contribution is 2.25. The van der Waals surface area contributed by atoms with Gasteiger partial charge in [-0.15, -0.1) is 0 Å². The highest BCUT2D eigenvalue weighted by atomic mass is 19.4. The number of rotatable bonds is 3. The summed E-state index contributed by atoms with van der Waals surface area (Å²) in [5.41, 5.74) is 1.19. The van der Waals surface area contributed by atoms with Crippen LogP contribution in [0.2, 0.25) is 0 Å². The molecule has 7 heteroatoms. The number of para-hydroxylation sites is 2. The molecule has 0 radical (unpaired) electrons. The molecule has 0 bridgehead atoms. The summed E-state index contributed by atoms with van der Waals surface area (Å²) in [4.78, 5) is 23.2. The Morgan fingerprint density at radius 1 is 0.913 bits per heavy atom. The molecule has 0 aromatic heterocycles. The van der Waals surface area contributed by atoms with Gasteiger partial charge in [-0.05, 0) is 31.2 Å². The van der Waals surface area contributed by atoms with Gasteiger partial charge in [0.25, 0.3) is 5.91 Å². The predicted molar refractivity (Wildman–Crippen MR) is 80.3 cm³/mol. The molecule has 0 heterocycles. The third kappa shape index (κ3) is 4.32. The van der Waals surface area contributed by atoms with Crippen LogP contribution >= 0.6 is 0 Å². The lowest BCUT2D eigenvalue weighted by Gasteiger charge is -2.13. The number of carbonyl (C=O) groups excluding carboxylic acids is 2. The Morgan fingerprint density at radius 3 is 2.09 bits per heavy atom. The van der Waals surface area contributed by atoms with Gasteiger partial charge in [-0.2, -0.15) is 13.2 Å². The molecule has 0 aliphatic heterocycles. The molecule has 0 fully saturated rings. The van der Waals surface area contributed by atoms with E-state index in [4.69, 9.17) is 0 Å². The topological polar surface area (TPSA) is 58.2 Å². The summed E-state index contributed by atoms with van der Waals surface area (Å²) in [5, 5.41) is 4.23. The minimum absolute atomic E-state index is 0.0802. The molecule has 0 saturated carbocycles. The molecule has 2 aromatic carbocycles. The van der Waals surface area contributed by atoms with E-state index in [0.717, 1.165) is 5.56 Å². The normalized spacial score (nSPS) is 11.0. The molecule has 0 unspecified atom stereocenters. The first-order valence-electron chi connectivity index (χ1n) is 6.62. The van der Waals surface area contributed by atoms with E-state index in [9.17, 15) is 22.8 Å². The van der Waals surface area contributed by atoms with Crippen LogP contribution in [0.1, 0.15) is 15.9 Å². The van der Waals surface area contributed by atoms with Crippen LogP contribution in [0, 0.1) is 6.92 Å². The molecule has 23 heavy (non-hydrogen) atoms. The lowest BCUT2D eigenvalue weighted by Crippen LogP contribution is -2.30. The molecular weight excluding hydrogens is 309 g/mol. The van der Waals surface area contributed by atoms with Crippen molar-refractivity contribution in [3.05, 3.63) is 59.7 Å². The maximum Gasteiger partial charge on any atom is 0.471 e. The number of carbonyl (C=O) groups is 2. The van der Waals surface area contributed by atoms with Crippen molar-refractivity contribution in [3.8, 4) is 0 Å². The Kier molecular flexibility index (Phi) is 4.68. The highest BCUT2D eigenvalue weighted by Gasteiger charge is 2.39. The smallest absolute Gasteiger partial charge is 0.320 e. The van der Waals surface area contributed by atoms with E-state index in [-0.39, 0.29) is 11.4 Å². The van der Waals surface area contributed by atoms with Gasteiger partial charge >= 0.3 is 12.1 Å². The molecule has 4 nitrogen and oxygen atoms in total. The highest BCUT2D eigenvalue weighted by molar-refractivity contribution is 6.07. The molecule has 2 rings (SSSR count). The molecular formula is C16H13F3N2O2. The third-order valence-corrected chi connectivity index (χ3v) is 2.96. The zero-order valence-corrected chi connectivity index (χ0v) is 12.1. The van der Waals surface area contributed by atoms with Crippen LogP contribution in [0.25, 0.3) is 0 Å². The molecule has 2 aromatic rings. The van der Waals surface area contributed by atoms with Crippen LogP contribution in [0.5, 0.6) is 0 Å². The van der Waals surface area contributed by atoms with E-state index < -0.39 is 18.0 Å². The molecule has 0 atom stereocenters. The average molecular weight is 322 g/mol. The van der Waals surface area contributed by atoms with E-state index in [1.54, 1.807) is 23.5 Å². The number of nitrogens with one attached hydrogen (secondary N) is 2. The van der Waals surface area contributed by atoms with Crippen molar-refractivity contribution in [1.29, 1.82) is 0 Å². The lowest BCUT2D eigenvalue weighted by molar-refractivity contribution is -0.167. The summed E-state index contributed by atoms with van der Waals surface area (Å²) in [6.07, 6.45) is -5.01. The summed E-state index contributed by atoms with van der Waals surface area (Å²) in [7, 11) is 0. The van der Waals surface area contributed by atoms with Gasteiger partial charge < -0.3 is 10.6 Å². The van der Waals surface area contributed by atoms with Crippen LogP contribution in [-0.4, -0.2) is 18.0 Å². The SMILES string of the molecule is Cc1cccc(C(=O)Nc2ccccc2NC(=O)C(F)(F)F)c1. The standard InChI is InChI=1S/C16H13F3N2O2/c1-10-5-4-6-11(9-10)14(22)20-12-7-2-3-8-13(12)21-15(23)16(17,18)19/h2-9H,1H3,(H,20,22)(H,21,23). The van der Waals surface area contributed by atoms with Crippen molar-refractivity contribution in [1.82, 2.24) is 0 Å². The van der Waals surface area contributed by atoms with Gasteiger partial charge in [-0.25, -0.2) is 0 Å². The summed E-state index contributed by atoms with van der Waals surface area (Å²) in [6.45, 7) is 1.81.